The van der Waals surface area contributed by atoms with Crippen LogP contribution in [0.5, 0.6) is 0 Å². The highest BCUT2D eigenvalue weighted by Crippen LogP contribution is 2.22. The van der Waals surface area contributed by atoms with Crippen LogP contribution in [0.25, 0.3) is 0 Å². The number of hydrogen-bond donors (Lipinski definition) is 3. The number of nitrogens with zero attached hydrogens (tertiary/aromatic N) is 2. The number of nitrogens with two attached hydrogens (primary N) is 1. The van der Waals surface area contributed by atoms with Crippen molar-refractivity contribution < 1.29 is 4.79 Å². The van der Waals surface area contributed by atoms with Gasteiger partial charge in [0.05, 0.1) is 6.04 Å². The molecule has 1 atom stereocenters. The van der Waals surface area contributed by atoms with Crippen molar-refractivity contribution >= 4 is 23.4 Å². The Morgan fingerprint density at radius 1 is 1.07 bits per heavy atom. The third-order valence-electron chi connectivity index (χ3n) is 4.80. The molecule has 4 N–H and O–H groups in total. The van der Waals surface area contributed by atoms with Gasteiger partial charge in [-0.2, -0.15) is 4.98 Å². The van der Waals surface area contributed by atoms with Crippen LogP contribution in [0.2, 0.25) is 0 Å². The van der Waals surface area contributed by atoms with Gasteiger partial charge in [0.15, 0.2) is 0 Å². The molecular weight excluding hydrogens is 362 g/mol. The van der Waals surface area contributed by atoms with Gasteiger partial charge in [-0.25, -0.2) is 4.98 Å². The summed E-state index contributed by atoms with van der Waals surface area (Å²) in [6.45, 7) is 5.53. The molecule has 0 saturated heterocycles. The Balaban J connectivity index is 1.69. The number of aromatic nitrogens is 2. The minimum Gasteiger partial charge on any atom is -0.383 e. The molecular formula is C23H27N5O. The molecule has 0 bridgehead atoms. The van der Waals surface area contributed by atoms with Crippen LogP contribution in [0.4, 0.5) is 17.5 Å². The third kappa shape index (κ3) is 5.54. The normalized spacial score (nSPS) is 11.7. The summed E-state index contributed by atoms with van der Waals surface area (Å²) >= 11 is 0. The fourth-order valence-electron chi connectivity index (χ4n) is 3.29. The van der Waals surface area contributed by atoms with Gasteiger partial charge in [-0.3, -0.25) is 4.79 Å². The Labute approximate surface area is 171 Å². The summed E-state index contributed by atoms with van der Waals surface area (Å²) in [6, 6.07) is 18.1. The van der Waals surface area contributed by atoms with Crippen molar-refractivity contribution in [2.45, 2.75) is 39.7 Å². The second kappa shape index (κ2) is 9.19. The van der Waals surface area contributed by atoms with E-state index in [0.717, 1.165) is 40.9 Å². The van der Waals surface area contributed by atoms with E-state index in [2.05, 4.69) is 39.7 Å². The van der Waals surface area contributed by atoms with E-state index in [0.29, 0.717) is 11.8 Å². The topological polar surface area (TPSA) is 92.9 Å². The van der Waals surface area contributed by atoms with Crippen molar-refractivity contribution in [3.63, 3.8) is 0 Å². The number of amides is 1. The predicted molar refractivity (Wildman–Crippen MR) is 118 cm³/mol. The minimum atomic E-state index is -0.0801. The first kappa shape index (κ1) is 20.3. The standard InChI is InChI=1S/C23H27N5O/c1-15(19-9-5-4-6-10-19)25-23-26-16(2)21(22(24)28-23)13-12-18-8-7-11-20(14-18)27-17(3)29/h4-11,14-15H,12-13H2,1-3H3,(H,27,29)(H3,24,25,26,28)/t15-/m0/s1. The van der Waals surface area contributed by atoms with Gasteiger partial charge in [-0.15, -0.1) is 0 Å². The number of anilines is 3. The van der Waals surface area contributed by atoms with E-state index in [-0.39, 0.29) is 11.9 Å². The van der Waals surface area contributed by atoms with E-state index in [1.54, 1.807) is 0 Å². The monoisotopic (exact) mass is 389 g/mol. The highest BCUT2D eigenvalue weighted by molar-refractivity contribution is 5.88. The quantitative estimate of drug-likeness (QED) is 0.561. The molecule has 6 nitrogen and oxygen atoms in total. The zero-order chi connectivity index (χ0) is 20.8. The van der Waals surface area contributed by atoms with E-state index in [1.807, 2.05) is 49.4 Å². The van der Waals surface area contributed by atoms with Crippen molar-refractivity contribution in [3.8, 4) is 0 Å². The molecule has 0 aliphatic rings. The number of hydrogen-bond acceptors (Lipinski definition) is 5. The molecule has 3 rings (SSSR count). The first-order chi connectivity index (χ1) is 13.9. The molecule has 0 fully saturated rings. The maximum Gasteiger partial charge on any atom is 0.225 e. The first-order valence-corrected chi connectivity index (χ1v) is 9.73. The predicted octanol–water partition coefficient (Wildman–Crippen LogP) is 4.28. The van der Waals surface area contributed by atoms with E-state index in [4.69, 9.17) is 5.73 Å². The maximum atomic E-state index is 11.2. The molecule has 2 aromatic carbocycles. The summed E-state index contributed by atoms with van der Waals surface area (Å²) in [5.41, 5.74) is 11.2. The van der Waals surface area contributed by atoms with Crippen LogP contribution in [-0.2, 0) is 17.6 Å². The molecule has 1 aromatic heterocycles. The Morgan fingerprint density at radius 3 is 2.52 bits per heavy atom. The largest absolute Gasteiger partial charge is 0.383 e. The van der Waals surface area contributed by atoms with Crippen molar-refractivity contribution in [2.75, 3.05) is 16.4 Å². The second-order valence-electron chi connectivity index (χ2n) is 7.15. The zero-order valence-corrected chi connectivity index (χ0v) is 17.1. The number of nitrogen functional groups attached to an aromatic ring is 1. The van der Waals surface area contributed by atoms with E-state index >= 15 is 0 Å². The number of aryl methyl sites for hydroxylation is 2. The summed E-state index contributed by atoms with van der Waals surface area (Å²) in [5.74, 6) is 0.953. The Hall–Kier alpha value is -3.41. The van der Waals surface area contributed by atoms with Gasteiger partial charge in [0.2, 0.25) is 11.9 Å². The molecule has 0 spiro atoms. The van der Waals surface area contributed by atoms with Crippen molar-refractivity contribution in [1.82, 2.24) is 9.97 Å². The second-order valence-corrected chi connectivity index (χ2v) is 7.15. The van der Waals surface area contributed by atoms with Crippen LogP contribution in [-0.4, -0.2) is 15.9 Å². The Morgan fingerprint density at radius 2 is 1.83 bits per heavy atom. The number of benzene rings is 2. The molecule has 3 aromatic rings. The van der Waals surface area contributed by atoms with Crippen LogP contribution in [0, 0.1) is 6.92 Å². The average molecular weight is 390 g/mol. The van der Waals surface area contributed by atoms with Crippen LogP contribution in [0.15, 0.2) is 54.6 Å². The van der Waals surface area contributed by atoms with Gasteiger partial charge in [-0.05, 0) is 49.9 Å². The molecule has 0 aliphatic heterocycles. The average Bonchev–Trinajstić information content (AvgIpc) is 2.68. The highest BCUT2D eigenvalue weighted by Gasteiger charge is 2.12. The first-order valence-electron chi connectivity index (χ1n) is 9.73. The molecule has 0 unspecified atom stereocenters. The molecule has 1 heterocycles. The fourth-order valence-corrected chi connectivity index (χ4v) is 3.29. The summed E-state index contributed by atoms with van der Waals surface area (Å²) < 4.78 is 0. The van der Waals surface area contributed by atoms with Gasteiger partial charge in [0.25, 0.3) is 0 Å². The van der Waals surface area contributed by atoms with Crippen molar-refractivity contribution in [3.05, 3.63) is 77.0 Å². The minimum absolute atomic E-state index is 0.0801. The lowest BCUT2D eigenvalue weighted by molar-refractivity contribution is -0.114. The SMILES string of the molecule is CC(=O)Nc1cccc(CCc2c(C)nc(N[C@@H](C)c3ccccc3)nc2N)c1. The Bertz CT molecular complexity index is 965. The van der Waals surface area contributed by atoms with Crippen LogP contribution in [0.1, 0.15) is 42.3 Å². The van der Waals surface area contributed by atoms with Crippen molar-refractivity contribution in [2.24, 2.45) is 0 Å². The number of carbonyl (C=O) groups excluding carboxylic acids is 1. The fraction of sp³-hybridized carbons (Fsp3) is 0.261. The third-order valence-corrected chi connectivity index (χ3v) is 4.80. The maximum absolute atomic E-state index is 11.2. The van der Waals surface area contributed by atoms with Crippen LogP contribution < -0.4 is 16.4 Å². The van der Waals surface area contributed by atoms with Gasteiger partial charge in [0, 0.05) is 23.9 Å². The van der Waals surface area contributed by atoms with E-state index in [9.17, 15) is 4.79 Å². The molecule has 6 heteroatoms. The van der Waals surface area contributed by atoms with E-state index in [1.165, 1.54) is 6.92 Å². The lowest BCUT2D eigenvalue weighted by atomic mass is 10.0. The smallest absolute Gasteiger partial charge is 0.225 e. The van der Waals surface area contributed by atoms with Gasteiger partial charge in [0.1, 0.15) is 5.82 Å². The highest BCUT2D eigenvalue weighted by atomic mass is 16.1. The van der Waals surface area contributed by atoms with Gasteiger partial charge >= 0.3 is 0 Å². The summed E-state index contributed by atoms with van der Waals surface area (Å²) in [4.78, 5) is 20.3. The zero-order valence-electron chi connectivity index (χ0n) is 17.1. The summed E-state index contributed by atoms with van der Waals surface area (Å²) in [5, 5.41) is 6.13. The summed E-state index contributed by atoms with van der Waals surface area (Å²) in [6.07, 6.45) is 1.52. The molecule has 0 radical (unpaired) electrons. The molecule has 29 heavy (non-hydrogen) atoms. The number of carbonyl (C=O) groups is 1. The Kier molecular flexibility index (Phi) is 6.44. The lowest BCUT2D eigenvalue weighted by Crippen LogP contribution is -2.13. The van der Waals surface area contributed by atoms with Crippen LogP contribution in [0.3, 0.4) is 0 Å². The number of rotatable bonds is 7. The molecule has 0 saturated carbocycles. The lowest BCUT2D eigenvalue weighted by Gasteiger charge is -2.16. The molecule has 1 amide bonds. The molecule has 0 aliphatic carbocycles. The van der Waals surface area contributed by atoms with Crippen LogP contribution >= 0.6 is 0 Å². The summed E-state index contributed by atoms with van der Waals surface area (Å²) in [7, 11) is 0. The number of nitrogens with one attached hydrogen (secondary N) is 2. The van der Waals surface area contributed by atoms with Gasteiger partial charge in [-0.1, -0.05) is 42.5 Å². The van der Waals surface area contributed by atoms with E-state index < -0.39 is 0 Å². The van der Waals surface area contributed by atoms with Crippen molar-refractivity contribution in [1.29, 1.82) is 0 Å². The molecule has 150 valence electrons. The van der Waals surface area contributed by atoms with Gasteiger partial charge < -0.3 is 16.4 Å².